The van der Waals surface area contributed by atoms with Crippen LogP contribution in [-0.4, -0.2) is 25.9 Å². The van der Waals surface area contributed by atoms with Gasteiger partial charge in [-0.2, -0.15) is 5.10 Å². The van der Waals surface area contributed by atoms with Crippen LogP contribution < -0.4 is 10.2 Å². The van der Waals surface area contributed by atoms with Gasteiger partial charge in [0.2, 0.25) is 11.9 Å². The lowest BCUT2D eigenvalue weighted by Crippen LogP contribution is -2.06. The first-order valence-electron chi connectivity index (χ1n) is 8.88. The lowest BCUT2D eigenvalue weighted by atomic mass is 10.2. The molecule has 0 aliphatic rings. The molecule has 0 unspecified atom stereocenters. The van der Waals surface area contributed by atoms with Gasteiger partial charge in [0, 0.05) is 10.9 Å². The molecule has 1 N–H and O–H groups in total. The minimum absolute atomic E-state index is 0.0800. The van der Waals surface area contributed by atoms with E-state index in [0.29, 0.717) is 10.9 Å². The number of hydrazone groups is 1. The lowest BCUT2D eigenvalue weighted by Gasteiger charge is -2.04. The second kappa shape index (κ2) is 8.97. The van der Waals surface area contributed by atoms with Gasteiger partial charge in [-0.25, -0.2) is 4.98 Å². The molecule has 0 atom stereocenters. The summed E-state index contributed by atoms with van der Waals surface area (Å²) in [7, 11) is 0. The maximum atomic E-state index is 10.6. The highest BCUT2D eigenvalue weighted by molar-refractivity contribution is 7.14. The van der Waals surface area contributed by atoms with Crippen LogP contribution in [0.5, 0.6) is 5.75 Å². The smallest absolute Gasteiger partial charge is 0.390 e. The summed E-state index contributed by atoms with van der Waals surface area (Å²) in [5, 5.41) is 21.3. The van der Waals surface area contributed by atoms with Crippen LogP contribution in [-0.2, 0) is 6.73 Å². The molecule has 0 spiro atoms. The van der Waals surface area contributed by atoms with E-state index in [0.717, 1.165) is 16.8 Å². The minimum atomic E-state index is -0.549. The van der Waals surface area contributed by atoms with Gasteiger partial charge in [0.05, 0.1) is 29.3 Å². The predicted octanol–water partition coefficient (Wildman–Crippen LogP) is 4.40. The Morgan fingerprint density at radius 1 is 1.17 bits per heavy atom. The molecule has 150 valence electrons. The number of thiazole rings is 1. The summed E-state index contributed by atoms with van der Waals surface area (Å²) in [5.41, 5.74) is 5.78. The summed E-state index contributed by atoms with van der Waals surface area (Å²) in [5.74, 6) is 0.402. The molecular weight excluding hydrogens is 404 g/mol. The van der Waals surface area contributed by atoms with Crippen molar-refractivity contribution in [1.82, 2.24) is 14.8 Å². The zero-order chi connectivity index (χ0) is 20.8. The zero-order valence-corrected chi connectivity index (χ0v) is 16.4. The quantitative estimate of drug-likeness (QED) is 0.257. The first kappa shape index (κ1) is 19.3. The van der Waals surface area contributed by atoms with Crippen LogP contribution in [0.25, 0.3) is 11.3 Å². The van der Waals surface area contributed by atoms with Crippen molar-refractivity contribution < 1.29 is 9.66 Å². The number of aromatic nitrogens is 3. The predicted molar refractivity (Wildman–Crippen MR) is 115 cm³/mol. The van der Waals surface area contributed by atoms with E-state index in [-0.39, 0.29) is 12.5 Å². The van der Waals surface area contributed by atoms with Gasteiger partial charge < -0.3 is 14.9 Å². The molecule has 0 radical (unpaired) electrons. The maximum absolute atomic E-state index is 10.6. The molecule has 0 aliphatic heterocycles. The Morgan fingerprint density at radius 3 is 2.70 bits per heavy atom. The maximum Gasteiger partial charge on any atom is 0.390 e. The van der Waals surface area contributed by atoms with Crippen molar-refractivity contribution in [2.75, 3.05) is 5.43 Å². The number of nitrogens with zero attached hydrogens (tertiary/aromatic N) is 5. The van der Waals surface area contributed by atoms with Gasteiger partial charge >= 0.3 is 5.82 Å². The highest BCUT2D eigenvalue weighted by Gasteiger charge is 2.10. The molecule has 4 aromatic rings. The van der Waals surface area contributed by atoms with Crippen molar-refractivity contribution in [3.05, 3.63) is 87.9 Å². The Hall–Kier alpha value is -4.05. The molecule has 0 saturated carbocycles. The molecule has 0 amide bonds. The van der Waals surface area contributed by atoms with Crippen LogP contribution in [0.4, 0.5) is 10.9 Å². The van der Waals surface area contributed by atoms with Crippen LogP contribution >= 0.6 is 11.3 Å². The van der Waals surface area contributed by atoms with E-state index in [9.17, 15) is 10.1 Å². The van der Waals surface area contributed by atoms with Crippen molar-refractivity contribution in [3.63, 3.8) is 0 Å². The Balaban J connectivity index is 1.29. The van der Waals surface area contributed by atoms with Gasteiger partial charge in [-0.05, 0) is 34.8 Å². The van der Waals surface area contributed by atoms with Crippen molar-refractivity contribution in [2.45, 2.75) is 6.73 Å². The Labute approximate surface area is 175 Å². The number of hydrogen-bond donors (Lipinski definition) is 1. The van der Waals surface area contributed by atoms with E-state index < -0.39 is 4.92 Å². The Bertz CT molecular complexity index is 1150. The Kier molecular flexibility index (Phi) is 5.76. The number of nitro groups is 1. The van der Waals surface area contributed by atoms with Gasteiger partial charge in [0.1, 0.15) is 5.75 Å². The molecule has 0 fully saturated rings. The molecule has 10 heteroatoms. The topological polar surface area (TPSA) is 107 Å². The second-order valence-electron chi connectivity index (χ2n) is 6.09. The third kappa shape index (κ3) is 4.86. The second-order valence-corrected chi connectivity index (χ2v) is 6.95. The fourth-order valence-electron chi connectivity index (χ4n) is 2.54. The molecule has 0 saturated heterocycles. The SMILES string of the molecule is O=[N+]([O-])c1ccn(COc2ccc(C=NNc3nc(-c4ccccc4)cs3)cc2)n1. The van der Waals surface area contributed by atoms with Gasteiger partial charge in [0.25, 0.3) is 0 Å². The summed E-state index contributed by atoms with van der Waals surface area (Å²) < 4.78 is 6.92. The van der Waals surface area contributed by atoms with Gasteiger partial charge in [-0.3, -0.25) is 5.43 Å². The first-order chi connectivity index (χ1) is 14.7. The van der Waals surface area contributed by atoms with Gasteiger partial charge in [-0.15, -0.1) is 16.0 Å². The molecule has 0 bridgehead atoms. The number of anilines is 1. The Morgan fingerprint density at radius 2 is 1.97 bits per heavy atom. The normalized spacial score (nSPS) is 10.9. The van der Waals surface area contributed by atoms with Crippen LogP contribution in [0, 0.1) is 10.1 Å². The van der Waals surface area contributed by atoms with E-state index in [4.69, 9.17) is 4.74 Å². The third-order valence-electron chi connectivity index (χ3n) is 4.00. The molecule has 2 heterocycles. The standard InChI is InChI=1S/C20H16N6O3S/c27-26(28)19-10-11-25(24-19)14-29-17-8-6-15(7-9-17)12-21-23-20-22-18(13-30-20)16-4-2-1-3-5-16/h1-13H,14H2,(H,22,23). The molecule has 0 aliphatic carbocycles. The average Bonchev–Trinajstić information content (AvgIpc) is 3.44. The minimum Gasteiger partial charge on any atom is -0.469 e. The third-order valence-corrected chi connectivity index (χ3v) is 4.75. The summed E-state index contributed by atoms with van der Waals surface area (Å²) in [6.45, 7) is 0.0800. The molecular formula is C20H16N6O3S. The van der Waals surface area contributed by atoms with Crippen LogP contribution in [0.2, 0.25) is 0 Å². The highest BCUT2D eigenvalue weighted by atomic mass is 32.1. The highest BCUT2D eigenvalue weighted by Crippen LogP contribution is 2.24. The fourth-order valence-corrected chi connectivity index (χ4v) is 3.21. The average molecular weight is 420 g/mol. The van der Waals surface area contributed by atoms with Crippen LogP contribution in [0.1, 0.15) is 5.56 Å². The molecule has 2 aromatic heterocycles. The number of rotatable bonds is 8. The van der Waals surface area contributed by atoms with Crippen molar-refractivity contribution in [3.8, 4) is 17.0 Å². The molecule has 9 nitrogen and oxygen atoms in total. The summed E-state index contributed by atoms with van der Waals surface area (Å²) in [6.07, 6.45) is 3.18. The number of nitrogens with one attached hydrogen (secondary N) is 1. The number of ether oxygens (including phenoxy) is 1. The van der Waals surface area contributed by atoms with E-state index in [1.165, 1.54) is 28.3 Å². The van der Waals surface area contributed by atoms with Crippen molar-refractivity contribution in [1.29, 1.82) is 0 Å². The molecule has 4 rings (SSSR count). The lowest BCUT2D eigenvalue weighted by molar-refractivity contribution is -0.389. The van der Waals surface area contributed by atoms with Crippen molar-refractivity contribution in [2.24, 2.45) is 5.10 Å². The first-order valence-corrected chi connectivity index (χ1v) is 9.76. The van der Waals surface area contributed by atoms with Crippen molar-refractivity contribution >= 4 is 28.5 Å². The van der Waals surface area contributed by atoms with Gasteiger partial charge in [0.15, 0.2) is 0 Å². The van der Waals surface area contributed by atoms with E-state index >= 15 is 0 Å². The summed E-state index contributed by atoms with van der Waals surface area (Å²) in [6, 6.07) is 18.6. The van der Waals surface area contributed by atoms with E-state index in [2.05, 4.69) is 20.6 Å². The van der Waals surface area contributed by atoms with Crippen LogP contribution in [0.15, 0.2) is 77.3 Å². The summed E-state index contributed by atoms with van der Waals surface area (Å²) in [4.78, 5) is 14.6. The molecule has 2 aromatic carbocycles. The fraction of sp³-hybridized carbons (Fsp3) is 0.0500. The monoisotopic (exact) mass is 420 g/mol. The zero-order valence-electron chi connectivity index (χ0n) is 15.6. The van der Waals surface area contributed by atoms with E-state index in [1.807, 2.05) is 47.8 Å². The largest absolute Gasteiger partial charge is 0.469 e. The summed E-state index contributed by atoms with van der Waals surface area (Å²) >= 11 is 1.48. The van der Waals surface area contributed by atoms with Crippen LogP contribution in [0.3, 0.4) is 0 Å². The van der Waals surface area contributed by atoms with Gasteiger partial charge in [-0.1, -0.05) is 30.3 Å². The number of benzene rings is 2. The number of hydrogen-bond acceptors (Lipinski definition) is 8. The van der Waals surface area contributed by atoms with E-state index in [1.54, 1.807) is 18.3 Å². The molecule has 30 heavy (non-hydrogen) atoms.